The summed E-state index contributed by atoms with van der Waals surface area (Å²) < 4.78 is 0. The number of rotatable bonds is 3. The summed E-state index contributed by atoms with van der Waals surface area (Å²) in [6.45, 7) is 0.889. The summed E-state index contributed by atoms with van der Waals surface area (Å²) in [5, 5.41) is 12.5. The zero-order chi connectivity index (χ0) is 12.6. The van der Waals surface area contributed by atoms with Gasteiger partial charge >= 0.3 is 0 Å². The van der Waals surface area contributed by atoms with Gasteiger partial charge in [-0.2, -0.15) is 5.26 Å². The molecule has 0 atom stereocenters. The van der Waals surface area contributed by atoms with Gasteiger partial charge in [-0.25, -0.2) is 0 Å². The normalized spacial score (nSPS) is 17.7. The summed E-state index contributed by atoms with van der Waals surface area (Å²) in [5.74, 6) is 0. The molecule has 1 fully saturated rings. The Morgan fingerprint density at radius 3 is 2.56 bits per heavy atom. The van der Waals surface area contributed by atoms with E-state index in [4.69, 9.17) is 5.26 Å². The van der Waals surface area contributed by atoms with Crippen LogP contribution in [0.2, 0.25) is 0 Å². The first kappa shape index (κ1) is 13.1. The number of hydrogen-bond acceptors (Lipinski definition) is 2. The first-order chi connectivity index (χ1) is 8.88. The fraction of sp³-hybridized carbons (Fsp3) is 0.562. The molecule has 0 amide bonds. The molecule has 2 rings (SSSR count). The quantitative estimate of drug-likeness (QED) is 0.876. The molecular weight excluding hydrogens is 220 g/mol. The lowest BCUT2D eigenvalue weighted by molar-refractivity contribution is 0.389. The van der Waals surface area contributed by atoms with Gasteiger partial charge in [0.25, 0.3) is 0 Å². The van der Waals surface area contributed by atoms with E-state index in [1.807, 2.05) is 18.2 Å². The molecule has 1 aromatic rings. The van der Waals surface area contributed by atoms with Crippen molar-refractivity contribution < 1.29 is 0 Å². The maximum absolute atomic E-state index is 8.88. The molecule has 2 nitrogen and oxygen atoms in total. The average molecular weight is 242 g/mol. The van der Waals surface area contributed by atoms with Crippen LogP contribution in [0.25, 0.3) is 0 Å². The van der Waals surface area contributed by atoms with Crippen molar-refractivity contribution in [1.82, 2.24) is 5.32 Å². The third-order valence-corrected chi connectivity index (χ3v) is 3.76. The molecule has 0 bridgehead atoms. The Hall–Kier alpha value is -1.33. The maximum Gasteiger partial charge on any atom is 0.0991 e. The Labute approximate surface area is 110 Å². The molecule has 0 heterocycles. The third kappa shape index (κ3) is 4.16. The minimum Gasteiger partial charge on any atom is -0.310 e. The van der Waals surface area contributed by atoms with Crippen LogP contribution < -0.4 is 5.32 Å². The molecule has 0 unspecified atom stereocenters. The average Bonchev–Trinajstić information content (AvgIpc) is 2.38. The zero-order valence-electron chi connectivity index (χ0n) is 11.0. The minimum absolute atomic E-state index is 0.663. The molecular formula is C16H22N2. The first-order valence-corrected chi connectivity index (χ1v) is 7.11. The Morgan fingerprint density at radius 2 is 1.83 bits per heavy atom. The lowest BCUT2D eigenvalue weighted by Gasteiger charge is -2.21. The molecule has 0 spiro atoms. The highest BCUT2D eigenvalue weighted by atomic mass is 14.9. The predicted molar refractivity (Wildman–Crippen MR) is 74.1 cm³/mol. The van der Waals surface area contributed by atoms with Gasteiger partial charge in [-0.15, -0.1) is 0 Å². The fourth-order valence-corrected chi connectivity index (χ4v) is 2.67. The summed E-state index contributed by atoms with van der Waals surface area (Å²) in [5.41, 5.74) is 1.98. The SMILES string of the molecule is N#Cc1cccc(CNC2CCCCCCC2)c1. The maximum atomic E-state index is 8.88. The molecule has 2 heteroatoms. The van der Waals surface area contributed by atoms with Gasteiger partial charge in [0, 0.05) is 12.6 Å². The Morgan fingerprint density at radius 1 is 1.11 bits per heavy atom. The molecule has 0 aliphatic heterocycles. The molecule has 1 aliphatic rings. The first-order valence-electron chi connectivity index (χ1n) is 7.11. The van der Waals surface area contributed by atoms with Crippen molar-refractivity contribution in [3.8, 4) is 6.07 Å². The second kappa shape index (κ2) is 7.18. The van der Waals surface area contributed by atoms with E-state index in [1.165, 1.54) is 50.5 Å². The van der Waals surface area contributed by atoms with Gasteiger partial charge in [0.1, 0.15) is 0 Å². The van der Waals surface area contributed by atoms with Crippen molar-refractivity contribution in [3.05, 3.63) is 35.4 Å². The van der Waals surface area contributed by atoms with E-state index in [0.29, 0.717) is 6.04 Å². The molecule has 1 aromatic carbocycles. The van der Waals surface area contributed by atoms with Gasteiger partial charge in [0.2, 0.25) is 0 Å². The summed E-state index contributed by atoms with van der Waals surface area (Å²) in [6.07, 6.45) is 9.52. The van der Waals surface area contributed by atoms with Crippen LogP contribution in [0.5, 0.6) is 0 Å². The van der Waals surface area contributed by atoms with Gasteiger partial charge < -0.3 is 5.32 Å². The third-order valence-electron chi connectivity index (χ3n) is 3.76. The van der Waals surface area contributed by atoms with Crippen molar-refractivity contribution >= 4 is 0 Å². The van der Waals surface area contributed by atoms with Crippen molar-refractivity contribution in [2.75, 3.05) is 0 Å². The number of hydrogen-bond donors (Lipinski definition) is 1. The number of benzene rings is 1. The minimum atomic E-state index is 0.663. The molecule has 96 valence electrons. The van der Waals surface area contributed by atoms with E-state index in [1.54, 1.807) is 0 Å². The largest absolute Gasteiger partial charge is 0.310 e. The fourth-order valence-electron chi connectivity index (χ4n) is 2.67. The summed E-state index contributed by atoms with van der Waals surface area (Å²) >= 11 is 0. The Kier molecular flexibility index (Phi) is 5.23. The smallest absolute Gasteiger partial charge is 0.0991 e. The van der Waals surface area contributed by atoms with Crippen molar-refractivity contribution in [1.29, 1.82) is 5.26 Å². The van der Waals surface area contributed by atoms with Crippen LogP contribution in [-0.4, -0.2) is 6.04 Å². The van der Waals surface area contributed by atoms with Crippen LogP contribution in [0.4, 0.5) is 0 Å². The number of nitrogens with one attached hydrogen (secondary N) is 1. The van der Waals surface area contributed by atoms with Crippen LogP contribution in [0.3, 0.4) is 0 Å². The van der Waals surface area contributed by atoms with E-state index in [-0.39, 0.29) is 0 Å². The van der Waals surface area contributed by atoms with Crippen LogP contribution >= 0.6 is 0 Å². The number of nitriles is 1. The lowest BCUT2D eigenvalue weighted by Crippen LogP contribution is -2.29. The van der Waals surface area contributed by atoms with Crippen LogP contribution in [0.1, 0.15) is 56.1 Å². The topological polar surface area (TPSA) is 35.8 Å². The van der Waals surface area contributed by atoms with E-state index < -0.39 is 0 Å². The van der Waals surface area contributed by atoms with Gasteiger partial charge in [-0.1, -0.05) is 44.2 Å². The second-order valence-corrected chi connectivity index (χ2v) is 5.24. The standard InChI is InChI=1S/C16H22N2/c17-12-14-7-6-8-15(11-14)13-18-16-9-4-2-1-3-5-10-16/h6-8,11,16,18H,1-5,9-10,13H2. The van der Waals surface area contributed by atoms with Crippen LogP contribution in [-0.2, 0) is 6.54 Å². The summed E-state index contributed by atoms with van der Waals surface area (Å²) in [6, 6.07) is 10.8. The Bertz CT molecular complexity index is 398. The van der Waals surface area contributed by atoms with E-state index in [9.17, 15) is 0 Å². The van der Waals surface area contributed by atoms with Crippen molar-refractivity contribution in [2.24, 2.45) is 0 Å². The van der Waals surface area contributed by atoms with Gasteiger partial charge in [-0.3, -0.25) is 0 Å². The zero-order valence-corrected chi connectivity index (χ0v) is 11.0. The molecule has 1 saturated carbocycles. The van der Waals surface area contributed by atoms with E-state index in [2.05, 4.69) is 17.5 Å². The second-order valence-electron chi connectivity index (χ2n) is 5.24. The highest BCUT2D eigenvalue weighted by molar-refractivity contribution is 5.32. The van der Waals surface area contributed by atoms with Crippen LogP contribution in [0, 0.1) is 11.3 Å². The molecule has 0 saturated heterocycles. The Balaban J connectivity index is 1.83. The molecule has 0 radical (unpaired) electrons. The highest BCUT2D eigenvalue weighted by Crippen LogP contribution is 2.17. The van der Waals surface area contributed by atoms with Crippen LogP contribution in [0.15, 0.2) is 24.3 Å². The lowest BCUT2D eigenvalue weighted by atomic mass is 9.96. The predicted octanol–water partition coefficient (Wildman–Crippen LogP) is 3.76. The van der Waals surface area contributed by atoms with Gasteiger partial charge in [-0.05, 0) is 30.5 Å². The van der Waals surface area contributed by atoms with E-state index >= 15 is 0 Å². The highest BCUT2D eigenvalue weighted by Gasteiger charge is 2.10. The van der Waals surface area contributed by atoms with Crippen molar-refractivity contribution in [3.63, 3.8) is 0 Å². The van der Waals surface area contributed by atoms with Gasteiger partial charge in [0.05, 0.1) is 11.6 Å². The summed E-state index contributed by atoms with van der Waals surface area (Å²) in [7, 11) is 0. The monoisotopic (exact) mass is 242 g/mol. The molecule has 1 aliphatic carbocycles. The molecule has 0 aromatic heterocycles. The van der Waals surface area contributed by atoms with Gasteiger partial charge in [0.15, 0.2) is 0 Å². The van der Waals surface area contributed by atoms with E-state index in [0.717, 1.165) is 12.1 Å². The molecule has 1 N–H and O–H groups in total. The molecule has 18 heavy (non-hydrogen) atoms. The number of nitrogens with zero attached hydrogens (tertiary/aromatic N) is 1. The van der Waals surface area contributed by atoms with Crippen molar-refractivity contribution in [2.45, 2.75) is 57.5 Å². The summed E-state index contributed by atoms with van der Waals surface area (Å²) in [4.78, 5) is 0.